The van der Waals surface area contributed by atoms with Crippen LogP contribution in [-0.4, -0.2) is 38.2 Å². The molecule has 3 aromatic rings. The second-order valence-electron chi connectivity index (χ2n) is 8.72. The van der Waals surface area contributed by atoms with Gasteiger partial charge < -0.3 is 15.2 Å². The molecule has 2 aliphatic rings. The average molecular weight is 442 g/mol. The van der Waals surface area contributed by atoms with Gasteiger partial charge in [-0.3, -0.25) is 9.36 Å². The number of nitrogens with two attached hydrogens (primary N) is 1. The van der Waals surface area contributed by atoms with E-state index in [9.17, 15) is 10.1 Å². The fraction of sp³-hybridized carbons (Fsp3) is 0.360. The molecule has 1 saturated heterocycles. The molecule has 0 unspecified atom stereocenters. The van der Waals surface area contributed by atoms with Crippen molar-refractivity contribution in [3.8, 4) is 6.07 Å². The Bertz CT molecular complexity index is 1340. The predicted molar refractivity (Wildman–Crippen MR) is 128 cm³/mol. The van der Waals surface area contributed by atoms with Crippen molar-refractivity contribution >= 4 is 17.1 Å². The molecule has 5 rings (SSSR count). The number of fused-ring (bicyclic) bond motifs is 1. The van der Waals surface area contributed by atoms with E-state index >= 15 is 0 Å². The number of piperidine rings is 1. The van der Waals surface area contributed by atoms with Gasteiger partial charge in [0.15, 0.2) is 11.2 Å². The van der Waals surface area contributed by atoms with Crippen LogP contribution in [0.3, 0.4) is 0 Å². The summed E-state index contributed by atoms with van der Waals surface area (Å²) in [5, 5.41) is 9.58. The molecule has 1 aliphatic heterocycles. The molecule has 2 N–H and O–H groups in total. The van der Waals surface area contributed by atoms with Gasteiger partial charge in [0.1, 0.15) is 0 Å². The molecular formula is C25H27N7O. The number of benzene rings is 1. The third-order valence-corrected chi connectivity index (χ3v) is 6.35. The van der Waals surface area contributed by atoms with Gasteiger partial charge in [-0.2, -0.15) is 10.2 Å². The van der Waals surface area contributed by atoms with Crippen molar-refractivity contribution in [1.29, 1.82) is 5.26 Å². The molecule has 168 valence electrons. The van der Waals surface area contributed by atoms with Gasteiger partial charge in [0.05, 0.1) is 24.5 Å². The quantitative estimate of drug-likeness (QED) is 0.653. The van der Waals surface area contributed by atoms with Gasteiger partial charge in [-0.15, -0.1) is 0 Å². The lowest BCUT2D eigenvalue weighted by Crippen LogP contribution is -2.45. The van der Waals surface area contributed by atoms with Crippen LogP contribution in [0.15, 0.2) is 59.2 Å². The van der Waals surface area contributed by atoms with Gasteiger partial charge in [-0.05, 0) is 42.9 Å². The monoisotopic (exact) mass is 441 g/mol. The summed E-state index contributed by atoms with van der Waals surface area (Å²) >= 11 is 0. The Balaban J connectivity index is 1.64. The normalized spacial score (nSPS) is 18.4. The van der Waals surface area contributed by atoms with Crippen LogP contribution in [0.2, 0.25) is 0 Å². The van der Waals surface area contributed by atoms with Gasteiger partial charge in [-0.25, -0.2) is 4.98 Å². The van der Waals surface area contributed by atoms with Crippen molar-refractivity contribution in [3.63, 3.8) is 0 Å². The molecule has 0 radical (unpaired) electrons. The minimum absolute atomic E-state index is 0.0359. The molecule has 0 amide bonds. The highest BCUT2D eigenvalue weighted by Crippen LogP contribution is 2.22. The summed E-state index contributed by atoms with van der Waals surface area (Å²) in [6.45, 7) is 2.26. The first kappa shape index (κ1) is 21.2. The third kappa shape index (κ3) is 4.20. The highest BCUT2D eigenvalue weighted by Gasteiger charge is 2.24. The number of rotatable bonds is 5. The minimum atomic E-state index is -0.153. The van der Waals surface area contributed by atoms with E-state index in [4.69, 9.17) is 10.7 Å². The molecule has 8 heteroatoms. The third-order valence-electron chi connectivity index (χ3n) is 6.35. The predicted octanol–water partition coefficient (Wildman–Crippen LogP) is 2.72. The first-order valence-corrected chi connectivity index (χ1v) is 11.4. The maximum Gasteiger partial charge on any atom is 0.281 e. The summed E-state index contributed by atoms with van der Waals surface area (Å²) in [5.74, 6) is 0.567. The summed E-state index contributed by atoms with van der Waals surface area (Å²) in [7, 11) is 0. The zero-order chi connectivity index (χ0) is 22.8. The van der Waals surface area contributed by atoms with E-state index in [0.717, 1.165) is 43.4 Å². The zero-order valence-corrected chi connectivity index (χ0v) is 18.5. The van der Waals surface area contributed by atoms with E-state index in [2.05, 4.69) is 34.2 Å². The second-order valence-corrected chi connectivity index (χ2v) is 8.72. The lowest BCUT2D eigenvalue weighted by molar-refractivity contribution is 0.491. The fourth-order valence-corrected chi connectivity index (χ4v) is 4.66. The van der Waals surface area contributed by atoms with E-state index in [1.54, 1.807) is 17.0 Å². The SMILES string of the molecule is N#Cc1ccccc1Cn1c(N2CCC[C@@H](N)C2)nc2ncn(CC3=CCCC=C3)c2c1=O. The second kappa shape index (κ2) is 9.04. The van der Waals surface area contributed by atoms with Gasteiger partial charge in [0.2, 0.25) is 5.95 Å². The topological polar surface area (TPSA) is 106 Å². The Kier molecular flexibility index (Phi) is 5.80. The van der Waals surface area contributed by atoms with Gasteiger partial charge >= 0.3 is 0 Å². The molecule has 1 atom stereocenters. The fourth-order valence-electron chi connectivity index (χ4n) is 4.66. The van der Waals surface area contributed by atoms with E-state index in [1.807, 2.05) is 22.8 Å². The van der Waals surface area contributed by atoms with Crippen LogP contribution in [-0.2, 0) is 13.1 Å². The van der Waals surface area contributed by atoms with Crippen molar-refractivity contribution in [2.24, 2.45) is 5.73 Å². The van der Waals surface area contributed by atoms with E-state index in [1.165, 1.54) is 0 Å². The van der Waals surface area contributed by atoms with Crippen molar-refractivity contribution in [3.05, 3.63) is 75.9 Å². The average Bonchev–Trinajstić information content (AvgIpc) is 3.24. The number of aromatic nitrogens is 4. The van der Waals surface area contributed by atoms with Gasteiger partial charge in [0, 0.05) is 25.7 Å². The Morgan fingerprint density at radius 2 is 2.09 bits per heavy atom. The largest absolute Gasteiger partial charge is 0.341 e. The van der Waals surface area contributed by atoms with Gasteiger partial charge in [-0.1, -0.05) is 36.4 Å². The van der Waals surface area contributed by atoms with Crippen LogP contribution in [0.4, 0.5) is 5.95 Å². The highest BCUT2D eigenvalue weighted by molar-refractivity contribution is 5.71. The Morgan fingerprint density at radius 1 is 1.21 bits per heavy atom. The van der Waals surface area contributed by atoms with Crippen LogP contribution < -0.4 is 16.2 Å². The molecular weight excluding hydrogens is 414 g/mol. The molecule has 33 heavy (non-hydrogen) atoms. The highest BCUT2D eigenvalue weighted by atomic mass is 16.1. The van der Waals surface area contributed by atoms with Crippen LogP contribution in [0.1, 0.15) is 36.8 Å². The maximum atomic E-state index is 13.9. The van der Waals surface area contributed by atoms with Crippen LogP contribution >= 0.6 is 0 Å². The number of nitrogens with zero attached hydrogens (tertiary/aromatic N) is 6. The van der Waals surface area contributed by atoms with Crippen molar-refractivity contribution in [1.82, 2.24) is 19.1 Å². The summed E-state index contributed by atoms with van der Waals surface area (Å²) in [6, 6.07) is 9.65. The summed E-state index contributed by atoms with van der Waals surface area (Å²) in [6.07, 6.45) is 12.1. The maximum absolute atomic E-state index is 13.9. The Hall–Kier alpha value is -3.70. The van der Waals surface area contributed by atoms with Crippen molar-refractivity contribution < 1.29 is 0 Å². The number of allylic oxidation sites excluding steroid dienone is 4. The van der Waals surface area contributed by atoms with E-state index < -0.39 is 0 Å². The number of hydrogen-bond acceptors (Lipinski definition) is 6. The van der Waals surface area contributed by atoms with Crippen LogP contribution in [0.5, 0.6) is 0 Å². The molecule has 2 aromatic heterocycles. The molecule has 0 saturated carbocycles. The summed E-state index contributed by atoms with van der Waals surface area (Å²) in [4.78, 5) is 25.3. The number of nitriles is 1. The van der Waals surface area contributed by atoms with Crippen molar-refractivity contribution in [2.75, 3.05) is 18.0 Å². The number of anilines is 1. The van der Waals surface area contributed by atoms with E-state index in [0.29, 0.717) is 35.8 Å². The lowest BCUT2D eigenvalue weighted by atomic mass is 10.1. The molecule has 1 fully saturated rings. The standard InChI is InChI=1S/C25H27N7O/c26-13-19-9-4-5-10-20(19)15-32-24(33)22-23(29-25(32)30-12-6-11-21(27)16-30)28-17-31(22)14-18-7-2-1-3-8-18/h2,4-5,7-10,17,21H,1,3,6,11-12,14-16,27H2/t21-/m1/s1. The molecule has 0 bridgehead atoms. The van der Waals surface area contributed by atoms with Crippen LogP contribution in [0, 0.1) is 11.3 Å². The first-order valence-electron chi connectivity index (χ1n) is 11.4. The number of imidazole rings is 1. The molecule has 1 aliphatic carbocycles. The van der Waals surface area contributed by atoms with Crippen LogP contribution in [0.25, 0.3) is 11.2 Å². The number of hydrogen-bond donors (Lipinski definition) is 1. The molecule has 3 heterocycles. The first-order chi connectivity index (χ1) is 16.1. The van der Waals surface area contributed by atoms with E-state index in [-0.39, 0.29) is 18.1 Å². The summed E-state index contributed by atoms with van der Waals surface area (Å²) < 4.78 is 3.56. The van der Waals surface area contributed by atoms with Gasteiger partial charge in [0.25, 0.3) is 5.56 Å². The lowest BCUT2D eigenvalue weighted by Gasteiger charge is -2.33. The summed E-state index contributed by atoms with van der Waals surface area (Å²) in [5.41, 5.74) is 9.51. The molecule has 8 nitrogen and oxygen atoms in total. The Labute approximate surface area is 192 Å². The zero-order valence-electron chi connectivity index (χ0n) is 18.5. The smallest absolute Gasteiger partial charge is 0.281 e. The van der Waals surface area contributed by atoms with Crippen molar-refractivity contribution in [2.45, 2.75) is 44.8 Å². The Morgan fingerprint density at radius 3 is 2.88 bits per heavy atom. The molecule has 0 spiro atoms. The molecule has 1 aromatic carbocycles. The minimum Gasteiger partial charge on any atom is -0.341 e.